The van der Waals surface area contributed by atoms with Gasteiger partial charge in [-0.15, -0.1) is 0 Å². The van der Waals surface area contributed by atoms with Crippen LogP contribution in [0.1, 0.15) is 64.4 Å². The molecule has 0 N–H and O–H groups in total. The van der Waals surface area contributed by atoms with Crippen molar-refractivity contribution in [3.63, 3.8) is 0 Å². The molecule has 3 nitrogen and oxygen atoms in total. The van der Waals surface area contributed by atoms with E-state index in [1.165, 1.54) is 37.7 Å². The van der Waals surface area contributed by atoms with Crippen LogP contribution in [0.3, 0.4) is 0 Å². The summed E-state index contributed by atoms with van der Waals surface area (Å²) in [5.41, 5.74) is 1.41. The summed E-state index contributed by atoms with van der Waals surface area (Å²) in [7, 11) is 0. The number of halogens is 1. The monoisotopic (exact) mass is 410 g/mol. The van der Waals surface area contributed by atoms with Crippen molar-refractivity contribution in [3.8, 4) is 17.1 Å². The number of fused-ring (bicyclic) bond motifs is 1. The SMILES string of the molecule is CCCCCCCc1ccc(-c2cc3ccc(OCCCC)c(F)c3c(=O)o2)cc1. The van der Waals surface area contributed by atoms with E-state index < -0.39 is 11.4 Å². The third-order valence-corrected chi connectivity index (χ3v) is 5.40. The van der Waals surface area contributed by atoms with Crippen LogP contribution >= 0.6 is 0 Å². The molecule has 0 saturated carbocycles. The fraction of sp³-hybridized carbons (Fsp3) is 0.423. The Kier molecular flexibility index (Phi) is 8.06. The minimum Gasteiger partial charge on any atom is -0.490 e. The van der Waals surface area contributed by atoms with E-state index in [1.54, 1.807) is 18.2 Å². The van der Waals surface area contributed by atoms with Crippen LogP contribution in [0.15, 0.2) is 51.7 Å². The zero-order chi connectivity index (χ0) is 21.3. The van der Waals surface area contributed by atoms with Crippen molar-refractivity contribution in [2.24, 2.45) is 0 Å². The molecule has 0 aliphatic carbocycles. The molecule has 0 aliphatic heterocycles. The Hall–Kier alpha value is -2.62. The third kappa shape index (κ3) is 5.50. The van der Waals surface area contributed by atoms with Gasteiger partial charge in [0.1, 0.15) is 11.1 Å². The average Bonchev–Trinajstić information content (AvgIpc) is 2.75. The fourth-order valence-corrected chi connectivity index (χ4v) is 3.57. The maximum atomic E-state index is 14.8. The van der Waals surface area contributed by atoms with Crippen molar-refractivity contribution >= 4 is 10.8 Å². The van der Waals surface area contributed by atoms with E-state index in [0.717, 1.165) is 24.8 Å². The van der Waals surface area contributed by atoms with Crippen molar-refractivity contribution in [2.45, 2.75) is 65.2 Å². The van der Waals surface area contributed by atoms with Crippen LogP contribution in [-0.2, 0) is 6.42 Å². The van der Waals surface area contributed by atoms with Crippen molar-refractivity contribution in [1.29, 1.82) is 0 Å². The molecule has 0 saturated heterocycles. The van der Waals surface area contributed by atoms with Gasteiger partial charge < -0.3 is 9.15 Å². The number of unbranched alkanes of at least 4 members (excludes halogenated alkanes) is 5. The van der Waals surface area contributed by atoms with Crippen LogP contribution in [0.4, 0.5) is 4.39 Å². The van der Waals surface area contributed by atoms with Crippen LogP contribution in [0.25, 0.3) is 22.1 Å². The van der Waals surface area contributed by atoms with Gasteiger partial charge in [0.25, 0.3) is 0 Å². The molecule has 0 unspecified atom stereocenters. The lowest BCUT2D eigenvalue weighted by molar-refractivity contribution is 0.295. The Morgan fingerprint density at radius 3 is 2.37 bits per heavy atom. The lowest BCUT2D eigenvalue weighted by Crippen LogP contribution is -2.06. The van der Waals surface area contributed by atoms with Gasteiger partial charge in [0.2, 0.25) is 0 Å². The summed E-state index contributed by atoms with van der Waals surface area (Å²) < 4.78 is 25.7. The molecule has 160 valence electrons. The van der Waals surface area contributed by atoms with Crippen LogP contribution in [0.2, 0.25) is 0 Å². The van der Waals surface area contributed by atoms with Crippen molar-refractivity contribution in [2.75, 3.05) is 6.61 Å². The molecule has 0 spiro atoms. The molecule has 0 radical (unpaired) electrons. The Labute approximate surface area is 177 Å². The highest BCUT2D eigenvalue weighted by Gasteiger charge is 2.15. The molecule has 1 heterocycles. The molecule has 0 atom stereocenters. The van der Waals surface area contributed by atoms with Crippen LogP contribution in [0, 0.1) is 5.82 Å². The van der Waals surface area contributed by atoms with Crippen molar-refractivity contribution < 1.29 is 13.5 Å². The fourth-order valence-electron chi connectivity index (χ4n) is 3.57. The Morgan fingerprint density at radius 1 is 0.900 bits per heavy atom. The van der Waals surface area contributed by atoms with Crippen LogP contribution in [0.5, 0.6) is 5.75 Å². The predicted molar refractivity (Wildman–Crippen MR) is 121 cm³/mol. The van der Waals surface area contributed by atoms with Gasteiger partial charge in [-0.2, -0.15) is 0 Å². The topological polar surface area (TPSA) is 39.4 Å². The standard InChI is InChI=1S/C26H31FO3/c1-3-5-7-8-9-10-19-11-13-20(14-12-19)23-18-21-15-16-22(29-17-6-4-2)25(27)24(21)26(28)30-23/h11-16,18H,3-10,17H2,1-2H3. The second kappa shape index (κ2) is 11.0. The number of benzene rings is 2. The molecule has 0 fully saturated rings. The second-order valence-electron chi connectivity index (χ2n) is 7.80. The van der Waals surface area contributed by atoms with Crippen LogP contribution < -0.4 is 10.4 Å². The Morgan fingerprint density at radius 2 is 1.63 bits per heavy atom. The smallest absolute Gasteiger partial charge is 0.347 e. The normalized spacial score (nSPS) is 11.2. The lowest BCUT2D eigenvalue weighted by atomic mass is 10.0. The van der Waals surface area contributed by atoms with E-state index >= 15 is 0 Å². The highest BCUT2D eigenvalue weighted by atomic mass is 19.1. The highest BCUT2D eigenvalue weighted by Crippen LogP contribution is 2.28. The van der Waals surface area contributed by atoms with Gasteiger partial charge in [-0.3, -0.25) is 0 Å². The number of rotatable bonds is 11. The van der Waals surface area contributed by atoms with Gasteiger partial charge in [-0.05, 0) is 42.3 Å². The lowest BCUT2D eigenvalue weighted by Gasteiger charge is -2.09. The number of hydrogen-bond acceptors (Lipinski definition) is 3. The maximum Gasteiger partial charge on any atom is 0.347 e. The quantitative estimate of drug-likeness (QED) is 0.312. The summed E-state index contributed by atoms with van der Waals surface area (Å²) in [6.07, 6.45) is 9.13. The highest BCUT2D eigenvalue weighted by molar-refractivity contribution is 5.86. The first-order chi connectivity index (χ1) is 14.6. The molecule has 3 rings (SSSR count). The molecule has 30 heavy (non-hydrogen) atoms. The van der Waals surface area contributed by atoms with Crippen molar-refractivity contribution in [1.82, 2.24) is 0 Å². The molecule has 3 aromatic rings. The first kappa shape index (κ1) is 22.1. The van der Waals surface area contributed by atoms with E-state index in [2.05, 4.69) is 19.1 Å². The summed E-state index contributed by atoms with van der Waals surface area (Å²) in [6, 6.07) is 13.1. The summed E-state index contributed by atoms with van der Waals surface area (Å²) >= 11 is 0. The first-order valence-electron chi connectivity index (χ1n) is 11.1. The van der Waals surface area contributed by atoms with Gasteiger partial charge in [0.15, 0.2) is 11.6 Å². The minimum absolute atomic E-state index is 0.0588. The van der Waals surface area contributed by atoms with E-state index in [0.29, 0.717) is 17.8 Å². The van der Waals surface area contributed by atoms with E-state index in [4.69, 9.17) is 9.15 Å². The molecule has 0 bridgehead atoms. The Bertz CT molecular complexity index is 1010. The van der Waals surface area contributed by atoms with Crippen LogP contribution in [-0.4, -0.2) is 6.61 Å². The van der Waals surface area contributed by atoms with Gasteiger partial charge in [0, 0.05) is 5.56 Å². The second-order valence-corrected chi connectivity index (χ2v) is 7.80. The Balaban J connectivity index is 1.76. The first-order valence-corrected chi connectivity index (χ1v) is 11.1. The maximum absolute atomic E-state index is 14.8. The zero-order valence-electron chi connectivity index (χ0n) is 18.0. The summed E-state index contributed by atoms with van der Waals surface area (Å²) in [6.45, 7) is 4.68. The van der Waals surface area contributed by atoms with Gasteiger partial charge in [-0.25, -0.2) is 9.18 Å². The summed E-state index contributed by atoms with van der Waals surface area (Å²) in [5, 5.41) is 0.457. The van der Waals surface area contributed by atoms with E-state index in [1.807, 2.05) is 19.1 Å². The molecule has 2 aromatic carbocycles. The van der Waals surface area contributed by atoms with Gasteiger partial charge in [-0.1, -0.05) is 76.3 Å². The summed E-state index contributed by atoms with van der Waals surface area (Å²) in [4.78, 5) is 12.5. The molecule has 1 aromatic heterocycles. The van der Waals surface area contributed by atoms with Gasteiger partial charge >= 0.3 is 5.63 Å². The predicted octanol–water partition coefficient (Wildman–Crippen LogP) is 7.29. The van der Waals surface area contributed by atoms with E-state index in [9.17, 15) is 9.18 Å². The van der Waals surface area contributed by atoms with E-state index in [-0.39, 0.29) is 11.1 Å². The molecule has 0 aliphatic rings. The van der Waals surface area contributed by atoms with Crippen molar-refractivity contribution in [3.05, 3.63) is 64.3 Å². The zero-order valence-corrected chi connectivity index (χ0v) is 18.0. The number of hydrogen-bond donors (Lipinski definition) is 0. The minimum atomic E-state index is -0.680. The average molecular weight is 411 g/mol. The largest absolute Gasteiger partial charge is 0.490 e. The third-order valence-electron chi connectivity index (χ3n) is 5.40. The molecular weight excluding hydrogens is 379 g/mol. The molecule has 0 amide bonds. The van der Waals surface area contributed by atoms with Gasteiger partial charge in [0.05, 0.1) is 6.61 Å². The number of ether oxygens (including phenoxy) is 1. The summed E-state index contributed by atoms with van der Waals surface area (Å²) in [5.74, 6) is -0.109. The molecule has 4 heteroatoms. The number of aryl methyl sites for hydroxylation is 1. The molecular formula is C26H31FO3.